The van der Waals surface area contributed by atoms with Gasteiger partial charge in [0.15, 0.2) is 10.9 Å². The molecule has 0 aliphatic heterocycles. The summed E-state index contributed by atoms with van der Waals surface area (Å²) >= 11 is 0. The summed E-state index contributed by atoms with van der Waals surface area (Å²) in [5.41, 5.74) is 0.453. The Morgan fingerprint density at radius 3 is 1.89 bits per heavy atom. The summed E-state index contributed by atoms with van der Waals surface area (Å²) in [6.45, 7) is 5.52. The second-order valence-electron chi connectivity index (χ2n) is 6.10. The number of aryl methyl sites for hydroxylation is 1. The van der Waals surface area contributed by atoms with Crippen molar-refractivity contribution in [1.29, 1.82) is 0 Å². The second-order valence-corrected chi connectivity index (χ2v) is 6.10. The monoisotopic (exact) mass is 384 g/mol. The molecule has 8 heteroatoms. The van der Waals surface area contributed by atoms with Crippen LogP contribution >= 0.6 is 0 Å². The predicted molar refractivity (Wildman–Crippen MR) is 104 cm³/mol. The molecule has 0 saturated heterocycles. The van der Waals surface area contributed by atoms with Crippen molar-refractivity contribution in [3.63, 3.8) is 0 Å². The number of H-pyrrole nitrogens is 2. The summed E-state index contributed by atoms with van der Waals surface area (Å²) in [5.74, 6) is -1.33. The van der Waals surface area contributed by atoms with E-state index in [0.717, 1.165) is 12.1 Å². The number of nitrogens with one attached hydrogen (secondary N) is 2. The largest absolute Gasteiger partial charge is 0.461 e. The third-order valence-electron chi connectivity index (χ3n) is 4.36. The van der Waals surface area contributed by atoms with Gasteiger partial charge in [-0.1, -0.05) is 6.92 Å². The lowest BCUT2D eigenvalue weighted by Crippen LogP contribution is -2.17. The number of ether oxygens (including phenoxy) is 2. The number of hydrogen-bond acceptors (Lipinski definition) is 6. The summed E-state index contributed by atoms with van der Waals surface area (Å²) in [6.07, 6.45) is 0.522. The first-order valence-corrected chi connectivity index (χ1v) is 9.01. The van der Waals surface area contributed by atoms with Gasteiger partial charge in [0.05, 0.1) is 29.6 Å². The number of hydrogen-bond donors (Lipinski definition) is 2. The molecule has 8 nitrogen and oxygen atoms in total. The van der Waals surface area contributed by atoms with Crippen molar-refractivity contribution in [2.75, 3.05) is 13.2 Å². The molecule has 0 aliphatic carbocycles. The molecular formula is C20H20N2O6. The molecule has 0 spiro atoms. The van der Waals surface area contributed by atoms with E-state index in [2.05, 4.69) is 9.97 Å². The van der Waals surface area contributed by atoms with Gasteiger partial charge in [0.2, 0.25) is 0 Å². The highest BCUT2D eigenvalue weighted by Gasteiger charge is 2.18. The second kappa shape index (κ2) is 7.67. The van der Waals surface area contributed by atoms with E-state index >= 15 is 0 Å². The average molecular weight is 384 g/mol. The van der Waals surface area contributed by atoms with Gasteiger partial charge in [0.1, 0.15) is 11.4 Å². The van der Waals surface area contributed by atoms with E-state index in [0.29, 0.717) is 17.5 Å². The van der Waals surface area contributed by atoms with Crippen LogP contribution in [0.2, 0.25) is 0 Å². The number of aromatic nitrogens is 2. The number of fused-ring (bicyclic) bond motifs is 3. The molecule has 0 amide bonds. The lowest BCUT2D eigenvalue weighted by molar-refractivity contribution is 0.0510. The fraction of sp³-hybridized carbons (Fsp3) is 0.300. The Balaban J connectivity index is 2.41. The van der Waals surface area contributed by atoms with E-state index in [1.807, 2.05) is 6.92 Å². The molecule has 2 N–H and O–H groups in total. The quantitative estimate of drug-likeness (QED) is 0.515. The van der Waals surface area contributed by atoms with Crippen molar-refractivity contribution in [1.82, 2.24) is 9.97 Å². The van der Waals surface area contributed by atoms with E-state index in [1.165, 1.54) is 0 Å². The lowest BCUT2D eigenvalue weighted by atomic mass is 10.0. The van der Waals surface area contributed by atoms with Gasteiger partial charge in [-0.3, -0.25) is 9.59 Å². The summed E-state index contributed by atoms with van der Waals surface area (Å²) in [4.78, 5) is 55.3. The fourth-order valence-electron chi connectivity index (χ4n) is 3.12. The highest BCUT2D eigenvalue weighted by atomic mass is 16.5. The molecule has 3 aromatic rings. The van der Waals surface area contributed by atoms with Crippen LogP contribution in [-0.4, -0.2) is 35.1 Å². The Labute approximate surface area is 159 Å². The number of aromatic amines is 2. The molecule has 28 heavy (non-hydrogen) atoms. The molecule has 0 aliphatic rings. The third-order valence-corrected chi connectivity index (χ3v) is 4.36. The molecule has 0 unspecified atom stereocenters. The minimum Gasteiger partial charge on any atom is -0.461 e. The van der Waals surface area contributed by atoms with Crippen molar-refractivity contribution in [2.24, 2.45) is 0 Å². The molecule has 2 aromatic heterocycles. The van der Waals surface area contributed by atoms with Gasteiger partial charge in [-0.05, 0) is 31.9 Å². The highest BCUT2D eigenvalue weighted by molar-refractivity contribution is 6.07. The molecule has 0 saturated carbocycles. The molecular weight excluding hydrogens is 364 g/mol. The summed E-state index contributed by atoms with van der Waals surface area (Å²) in [7, 11) is 0. The van der Waals surface area contributed by atoms with Crippen molar-refractivity contribution >= 4 is 33.7 Å². The minimum absolute atomic E-state index is 0.0253. The van der Waals surface area contributed by atoms with Crippen LogP contribution in [0.15, 0.2) is 27.8 Å². The number of carbonyl (C=O) groups excluding carboxylic acids is 2. The molecule has 146 valence electrons. The van der Waals surface area contributed by atoms with E-state index in [1.54, 1.807) is 19.9 Å². The molecule has 0 bridgehead atoms. The van der Waals surface area contributed by atoms with Gasteiger partial charge >= 0.3 is 11.9 Å². The Morgan fingerprint density at radius 1 is 0.821 bits per heavy atom. The molecule has 1 aromatic carbocycles. The summed E-state index contributed by atoms with van der Waals surface area (Å²) < 4.78 is 9.90. The smallest absolute Gasteiger partial charge is 0.354 e. The first kappa shape index (κ1) is 19.3. The zero-order chi connectivity index (χ0) is 20.4. The van der Waals surface area contributed by atoms with Crippen molar-refractivity contribution < 1.29 is 19.1 Å². The first-order chi connectivity index (χ1) is 13.4. The van der Waals surface area contributed by atoms with Crippen LogP contribution in [0.1, 0.15) is 47.3 Å². The molecule has 0 atom stereocenters. The average Bonchev–Trinajstić information content (AvgIpc) is 2.67. The SMILES string of the molecule is CCOC(=O)c1cc(=O)c2c([nH]1)c(CC)cc1c(=O)cc(C(=O)OCC)[nH]c12. The molecule has 0 radical (unpaired) electrons. The van der Waals surface area contributed by atoms with Crippen molar-refractivity contribution in [3.8, 4) is 0 Å². The van der Waals surface area contributed by atoms with Gasteiger partial charge in [-0.25, -0.2) is 9.59 Å². The standard InChI is InChI=1S/C20H20N2O6/c1-4-10-7-11-14(23)8-12(19(25)27-5-2)22-18(11)16-15(24)9-13(21-17(10)16)20(26)28-6-3/h7-9H,4-6H2,1-3H3,(H,21,24)(H,22,23). The Bertz CT molecular complexity index is 1210. The molecule has 2 heterocycles. The maximum absolute atomic E-state index is 12.8. The Morgan fingerprint density at radius 2 is 1.36 bits per heavy atom. The minimum atomic E-state index is -0.686. The molecule has 0 fully saturated rings. The van der Waals surface area contributed by atoms with Crippen LogP contribution in [0.25, 0.3) is 21.8 Å². The fourth-order valence-corrected chi connectivity index (χ4v) is 3.12. The number of carbonyl (C=O) groups is 2. The van der Waals surface area contributed by atoms with Crippen LogP contribution in [-0.2, 0) is 15.9 Å². The Kier molecular flexibility index (Phi) is 5.30. The zero-order valence-electron chi connectivity index (χ0n) is 15.8. The van der Waals surface area contributed by atoms with Crippen molar-refractivity contribution in [2.45, 2.75) is 27.2 Å². The van der Waals surface area contributed by atoms with Gasteiger partial charge in [-0.2, -0.15) is 0 Å². The van der Waals surface area contributed by atoms with Gasteiger partial charge in [-0.15, -0.1) is 0 Å². The predicted octanol–water partition coefficient (Wildman–Crippen LogP) is 2.29. The summed E-state index contributed by atoms with van der Waals surface area (Å²) in [6, 6.07) is 3.94. The van der Waals surface area contributed by atoms with Crippen LogP contribution < -0.4 is 10.9 Å². The van der Waals surface area contributed by atoms with Crippen LogP contribution in [0.5, 0.6) is 0 Å². The molecule has 3 rings (SSSR count). The maximum atomic E-state index is 12.8. The highest BCUT2D eigenvalue weighted by Crippen LogP contribution is 2.23. The number of rotatable bonds is 5. The van der Waals surface area contributed by atoms with Gasteiger partial charge in [0.25, 0.3) is 0 Å². The maximum Gasteiger partial charge on any atom is 0.354 e. The third kappa shape index (κ3) is 3.28. The van der Waals surface area contributed by atoms with Gasteiger partial charge < -0.3 is 19.4 Å². The number of pyridine rings is 2. The van der Waals surface area contributed by atoms with Crippen LogP contribution in [0, 0.1) is 0 Å². The normalized spacial score (nSPS) is 11.0. The zero-order valence-corrected chi connectivity index (χ0v) is 15.8. The number of esters is 2. The van der Waals surface area contributed by atoms with Crippen LogP contribution in [0.4, 0.5) is 0 Å². The van der Waals surface area contributed by atoms with E-state index in [4.69, 9.17) is 9.47 Å². The van der Waals surface area contributed by atoms with Gasteiger partial charge in [0, 0.05) is 17.5 Å². The first-order valence-electron chi connectivity index (χ1n) is 9.01. The van der Waals surface area contributed by atoms with E-state index < -0.39 is 22.8 Å². The van der Waals surface area contributed by atoms with Crippen LogP contribution in [0.3, 0.4) is 0 Å². The lowest BCUT2D eigenvalue weighted by Gasteiger charge is -2.11. The van der Waals surface area contributed by atoms with E-state index in [9.17, 15) is 19.2 Å². The topological polar surface area (TPSA) is 118 Å². The van der Waals surface area contributed by atoms with Crippen molar-refractivity contribution in [3.05, 3.63) is 55.6 Å². The summed E-state index contributed by atoms with van der Waals surface area (Å²) in [5, 5.41) is 0.484. The Hall–Kier alpha value is -3.42. The van der Waals surface area contributed by atoms with E-state index in [-0.39, 0.29) is 40.9 Å². The number of benzene rings is 1.